The number of hydrogen-bond donors (Lipinski definition) is 1. The Labute approximate surface area is 115 Å². The lowest BCUT2D eigenvalue weighted by molar-refractivity contribution is 0.660. The zero-order valence-corrected chi connectivity index (χ0v) is 12.2. The molecule has 2 rings (SSSR count). The first-order valence-corrected chi connectivity index (χ1v) is 7.38. The van der Waals surface area contributed by atoms with E-state index in [0.29, 0.717) is 0 Å². The van der Waals surface area contributed by atoms with Gasteiger partial charge < -0.3 is 5.73 Å². The minimum atomic E-state index is 0.130. The van der Waals surface area contributed by atoms with Gasteiger partial charge in [0.1, 0.15) is 0 Å². The molecule has 0 radical (unpaired) electrons. The third-order valence-electron chi connectivity index (χ3n) is 2.81. The van der Waals surface area contributed by atoms with Gasteiger partial charge in [-0.25, -0.2) is 0 Å². The molecule has 2 N–H and O–H groups in total. The summed E-state index contributed by atoms with van der Waals surface area (Å²) in [4.78, 5) is 1.25. The Morgan fingerprint density at radius 2 is 2.18 bits per heavy atom. The second-order valence-electron chi connectivity index (χ2n) is 4.27. The van der Waals surface area contributed by atoms with Gasteiger partial charge in [-0.2, -0.15) is 0 Å². The van der Waals surface area contributed by atoms with Crippen LogP contribution in [0.2, 0.25) is 0 Å². The van der Waals surface area contributed by atoms with Gasteiger partial charge in [0.15, 0.2) is 0 Å². The van der Waals surface area contributed by atoms with E-state index in [1.54, 1.807) is 11.3 Å². The highest BCUT2D eigenvalue weighted by atomic mass is 79.9. The molecule has 3 heteroatoms. The van der Waals surface area contributed by atoms with Gasteiger partial charge >= 0.3 is 0 Å². The normalized spacial score (nSPS) is 12.6. The Morgan fingerprint density at radius 1 is 1.35 bits per heavy atom. The number of nitrogens with two attached hydrogens (primary N) is 1. The van der Waals surface area contributed by atoms with Gasteiger partial charge in [0.05, 0.1) is 0 Å². The zero-order chi connectivity index (χ0) is 12.3. The van der Waals surface area contributed by atoms with Gasteiger partial charge in [0.25, 0.3) is 0 Å². The highest BCUT2D eigenvalue weighted by Crippen LogP contribution is 2.30. The van der Waals surface area contributed by atoms with Gasteiger partial charge in [-0.15, -0.1) is 11.3 Å². The van der Waals surface area contributed by atoms with Crippen LogP contribution in [0, 0.1) is 6.92 Å². The fourth-order valence-electron chi connectivity index (χ4n) is 1.89. The molecule has 1 aromatic carbocycles. The molecule has 2 aromatic rings. The maximum Gasteiger partial charge on any atom is 0.0404 e. The van der Waals surface area contributed by atoms with Gasteiger partial charge in [0.2, 0.25) is 0 Å². The van der Waals surface area contributed by atoms with E-state index in [1.807, 2.05) is 0 Å². The SMILES string of the molecule is Cc1cccc(CCC(N)c2sccc2Br)c1. The van der Waals surface area contributed by atoms with E-state index in [0.717, 1.165) is 17.3 Å². The molecule has 1 unspecified atom stereocenters. The summed E-state index contributed by atoms with van der Waals surface area (Å²) < 4.78 is 1.14. The summed E-state index contributed by atoms with van der Waals surface area (Å²) >= 11 is 5.26. The number of hydrogen-bond acceptors (Lipinski definition) is 2. The molecule has 1 aromatic heterocycles. The highest BCUT2D eigenvalue weighted by Gasteiger charge is 2.11. The third-order valence-corrected chi connectivity index (χ3v) is 4.81. The molecule has 1 nitrogen and oxygen atoms in total. The Kier molecular flexibility index (Phi) is 4.37. The largest absolute Gasteiger partial charge is 0.323 e. The van der Waals surface area contributed by atoms with Crippen LogP contribution < -0.4 is 5.73 Å². The highest BCUT2D eigenvalue weighted by molar-refractivity contribution is 9.10. The van der Waals surface area contributed by atoms with Crippen LogP contribution in [-0.2, 0) is 6.42 Å². The summed E-state index contributed by atoms with van der Waals surface area (Å²) in [5, 5.41) is 2.08. The zero-order valence-electron chi connectivity index (χ0n) is 9.82. The number of thiophene rings is 1. The van der Waals surface area contributed by atoms with Crippen molar-refractivity contribution in [1.29, 1.82) is 0 Å². The summed E-state index contributed by atoms with van der Waals surface area (Å²) in [5.74, 6) is 0. The summed E-state index contributed by atoms with van der Waals surface area (Å²) in [6.45, 7) is 2.12. The van der Waals surface area contributed by atoms with Crippen molar-refractivity contribution in [3.05, 3.63) is 56.2 Å². The predicted molar refractivity (Wildman–Crippen MR) is 78.4 cm³/mol. The number of benzene rings is 1. The van der Waals surface area contributed by atoms with Crippen LogP contribution in [0.15, 0.2) is 40.2 Å². The second-order valence-corrected chi connectivity index (χ2v) is 6.07. The fraction of sp³-hybridized carbons (Fsp3) is 0.286. The molecule has 1 atom stereocenters. The van der Waals surface area contributed by atoms with Crippen molar-refractivity contribution in [3.63, 3.8) is 0 Å². The molecule has 1 heterocycles. The molecule has 0 amide bonds. The summed E-state index contributed by atoms with van der Waals surface area (Å²) in [7, 11) is 0. The Balaban J connectivity index is 1.97. The number of rotatable bonds is 4. The van der Waals surface area contributed by atoms with E-state index in [9.17, 15) is 0 Å². The van der Waals surface area contributed by atoms with Crippen molar-refractivity contribution >= 4 is 27.3 Å². The summed E-state index contributed by atoms with van der Waals surface area (Å²) in [6, 6.07) is 10.8. The topological polar surface area (TPSA) is 26.0 Å². The average molecular weight is 310 g/mol. The molecule has 17 heavy (non-hydrogen) atoms. The summed E-state index contributed by atoms with van der Waals surface area (Å²) in [6.07, 6.45) is 2.02. The first kappa shape index (κ1) is 12.8. The third kappa shape index (κ3) is 3.41. The molecule has 90 valence electrons. The van der Waals surface area contributed by atoms with Crippen LogP contribution in [0.1, 0.15) is 28.5 Å². The van der Waals surface area contributed by atoms with Crippen molar-refractivity contribution in [2.45, 2.75) is 25.8 Å². The molecule has 0 fully saturated rings. The van der Waals surface area contributed by atoms with Crippen molar-refractivity contribution in [3.8, 4) is 0 Å². The van der Waals surface area contributed by atoms with Crippen molar-refractivity contribution in [2.75, 3.05) is 0 Å². The van der Waals surface area contributed by atoms with E-state index in [-0.39, 0.29) is 6.04 Å². The Morgan fingerprint density at radius 3 is 2.82 bits per heavy atom. The molecule has 0 aliphatic rings. The minimum Gasteiger partial charge on any atom is -0.323 e. The predicted octanol–water partition coefficient (Wildman–Crippen LogP) is 4.45. The smallest absolute Gasteiger partial charge is 0.0404 e. The molecular weight excluding hydrogens is 294 g/mol. The quantitative estimate of drug-likeness (QED) is 0.887. The average Bonchev–Trinajstić information content (AvgIpc) is 2.72. The monoisotopic (exact) mass is 309 g/mol. The van der Waals surface area contributed by atoms with Crippen molar-refractivity contribution < 1.29 is 0 Å². The van der Waals surface area contributed by atoms with E-state index < -0.39 is 0 Å². The van der Waals surface area contributed by atoms with E-state index in [2.05, 4.69) is 58.6 Å². The lowest BCUT2D eigenvalue weighted by Crippen LogP contribution is -2.10. The molecule has 0 spiro atoms. The first-order valence-electron chi connectivity index (χ1n) is 5.71. The molecule has 0 saturated heterocycles. The number of aryl methyl sites for hydroxylation is 2. The first-order chi connectivity index (χ1) is 8.16. The van der Waals surface area contributed by atoms with Crippen LogP contribution in [0.5, 0.6) is 0 Å². The van der Waals surface area contributed by atoms with Crippen LogP contribution in [-0.4, -0.2) is 0 Å². The maximum atomic E-state index is 6.21. The molecular formula is C14H16BrNS. The molecule has 0 saturated carbocycles. The lowest BCUT2D eigenvalue weighted by Gasteiger charge is -2.10. The summed E-state index contributed by atoms with van der Waals surface area (Å²) in [5.41, 5.74) is 8.89. The van der Waals surface area contributed by atoms with Crippen LogP contribution >= 0.6 is 27.3 Å². The van der Waals surface area contributed by atoms with Gasteiger partial charge in [-0.05, 0) is 52.7 Å². The van der Waals surface area contributed by atoms with Gasteiger partial charge in [-0.1, -0.05) is 29.8 Å². The van der Waals surface area contributed by atoms with E-state index >= 15 is 0 Å². The second kappa shape index (κ2) is 5.80. The Bertz CT molecular complexity index is 492. The standard InChI is InChI=1S/C14H16BrNS/c1-10-3-2-4-11(9-10)5-6-13(16)14-12(15)7-8-17-14/h2-4,7-9,13H,5-6,16H2,1H3. The van der Waals surface area contributed by atoms with Gasteiger partial charge in [-0.3, -0.25) is 0 Å². The van der Waals surface area contributed by atoms with Crippen LogP contribution in [0.25, 0.3) is 0 Å². The lowest BCUT2D eigenvalue weighted by atomic mass is 10.0. The van der Waals surface area contributed by atoms with E-state index in [1.165, 1.54) is 16.0 Å². The molecule has 0 aliphatic heterocycles. The van der Waals surface area contributed by atoms with E-state index in [4.69, 9.17) is 5.73 Å². The Hall–Kier alpha value is -0.640. The minimum absolute atomic E-state index is 0.130. The van der Waals surface area contributed by atoms with Crippen LogP contribution in [0.3, 0.4) is 0 Å². The van der Waals surface area contributed by atoms with Crippen LogP contribution in [0.4, 0.5) is 0 Å². The van der Waals surface area contributed by atoms with Crippen molar-refractivity contribution in [1.82, 2.24) is 0 Å². The van der Waals surface area contributed by atoms with Crippen molar-refractivity contribution in [2.24, 2.45) is 5.73 Å². The fourth-order valence-corrected chi connectivity index (χ4v) is 3.60. The maximum absolute atomic E-state index is 6.21. The molecule has 0 aliphatic carbocycles. The number of halogens is 1. The molecule has 0 bridgehead atoms. The van der Waals surface area contributed by atoms with Gasteiger partial charge in [0, 0.05) is 15.4 Å².